The van der Waals surface area contributed by atoms with Gasteiger partial charge < -0.3 is 19.9 Å². The Morgan fingerprint density at radius 3 is 2.75 bits per heavy atom. The van der Waals surface area contributed by atoms with Gasteiger partial charge in [-0.05, 0) is 51.0 Å². The van der Waals surface area contributed by atoms with E-state index >= 15 is 0 Å². The summed E-state index contributed by atoms with van der Waals surface area (Å²) in [6.45, 7) is 5.40. The van der Waals surface area contributed by atoms with E-state index in [0.29, 0.717) is 25.3 Å². The monoisotopic (exact) mass is 329 g/mol. The number of aromatic amines is 1. The van der Waals surface area contributed by atoms with Gasteiger partial charge in [-0.1, -0.05) is 0 Å². The van der Waals surface area contributed by atoms with Gasteiger partial charge in [0.05, 0.1) is 6.61 Å². The van der Waals surface area contributed by atoms with E-state index in [0.717, 1.165) is 29.4 Å². The molecule has 0 radical (unpaired) electrons. The molecule has 2 amide bonds. The zero-order valence-corrected chi connectivity index (χ0v) is 14.1. The summed E-state index contributed by atoms with van der Waals surface area (Å²) in [4.78, 5) is 29.1. The summed E-state index contributed by atoms with van der Waals surface area (Å²) in [6, 6.07) is 7.79. The molecule has 1 aliphatic heterocycles. The van der Waals surface area contributed by atoms with E-state index in [2.05, 4.69) is 10.3 Å². The first-order valence-corrected chi connectivity index (χ1v) is 8.38. The van der Waals surface area contributed by atoms with Crippen LogP contribution in [0.5, 0.6) is 0 Å². The second-order valence-corrected chi connectivity index (χ2v) is 6.19. The van der Waals surface area contributed by atoms with E-state index in [9.17, 15) is 9.59 Å². The molecular formula is C18H23N3O3. The number of rotatable bonds is 3. The Kier molecular flexibility index (Phi) is 4.74. The zero-order valence-electron chi connectivity index (χ0n) is 14.1. The maximum Gasteiger partial charge on any atom is 0.409 e. The summed E-state index contributed by atoms with van der Waals surface area (Å²) in [6.07, 6.45) is 1.22. The Hall–Kier alpha value is -2.50. The highest BCUT2D eigenvalue weighted by Crippen LogP contribution is 2.18. The minimum Gasteiger partial charge on any atom is -0.450 e. The van der Waals surface area contributed by atoms with Gasteiger partial charge in [0, 0.05) is 41.3 Å². The maximum absolute atomic E-state index is 12.5. The maximum atomic E-state index is 12.5. The fourth-order valence-electron chi connectivity index (χ4n) is 3.11. The van der Waals surface area contributed by atoms with Crippen LogP contribution < -0.4 is 5.32 Å². The number of fused-ring (bicyclic) bond motifs is 1. The first-order chi connectivity index (χ1) is 11.6. The molecule has 1 saturated heterocycles. The molecule has 1 aliphatic rings. The second-order valence-electron chi connectivity index (χ2n) is 6.19. The number of nitrogens with zero attached hydrogens (tertiary/aromatic N) is 1. The number of hydrogen-bond donors (Lipinski definition) is 2. The predicted octanol–water partition coefficient (Wildman–Crippen LogP) is 2.83. The fraction of sp³-hybridized carbons (Fsp3) is 0.444. The Labute approximate surface area is 141 Å². The Morgan fingerprint density at radius 2 is 2.04 bits per heavy atom. The Bertz CT molecular complexity index is 745. The van der Waals surface area contributed by atoms with Gasteiger partial charge in [-0.25, -0.2) is 4.79 Å². The summed E-state index contributed by atoms with van der Waals surface area (Å²) in [5.41, 5.74) is 2.77. The number of nitrogens with one attached hydrogen (secondary N) is 2. The van der Waals surface area contributed by atoms with Crippen LogP contribution in [0, 0.1) is 6.92 Å². The van der Waals surface area contributed by atoms with Gasteiger partial charge >= 0.3 is 6.09 Å². The van der Waals surface area contributed by atoms with Crippen molar-refractivity contribution in [2.24, 2.45) is 0 Å². The van der Waals surface area contributed by atoms with Crippen molar-refractivity contribution in [1.82, 2.24) is 15.2 Å². The highest BCUT2D eigenvalue weighted by atomic mass is 16.6. The third kappa shape index (κ3) is 3.53. The quantitative estimate of drug-likeness (QED) is 0.909. The molecule has 128 valence electrons. The molecule has 0 atom stereocenters. The molecule has 1 fully saturated rings. The van der Waals surface area contributed by atoms with Crippen LogP contribution in [0.15, 0.2) is 24.3 Å². The van der Waals surface area contributed by atoms with Crippen LogP contribution in [0.1, 0.15) is 35.8 Å². The van der Waals surface area contributed by atoms with E-state index < -0.39 is 0 Å². The summed E-state index contributed by atoms with van der Waals surface area (Å²) in [5, 5.41) is 4.11. The minimum absolute atomic E-state index is 0.0645. The van der Waals surface area contributed by atoms with Gasteiger partial charge in [0.15, 0.2) is 0 Å². The number of hydrogen-bond acceptors (Lipinski definition) is 3. The molecule has 0 saturated carbocycles. The molecule has 2 aromatic rings. The van der Waals surface area contributed by atoms with Crippen molar-refractivity contribution in [3.8, 4) is 0 Å². The lowest BCUT2D eigenvalue weighted by atomic mass is 10.0. The minimum atomic E-state index is -0.268. The molecule has 3 rings (SSSR count). The van der Waals surface area contributed by atoms with Crippen molar-refractivity contribution in [2.45, 2.75) is 32.7 Å². The van der Waals surface area contributed by atoms with E-state index in [-0.39, 0.29) is 18.0 Å². The van der Waals surface area contributed by atoms with Gasteiger partial charge in [-0.3, -0.25) is 4.79 Å². The molecule has 1 aromatic carbocycles. The van der Waals surface area contributed by atoms with Crippen molar-refractivity contribution < 1.29 is 14.3 Å². The molecule has 2 heterocycles. The van der Waals surface area contributed by atoms with E-state index in [1.807, 2.05) is 31.2 Å². The molecule has 24 heavy (non-hydrogen) atoms. The summed E-state index contributed by atoms with van der Waals surface area (Å²) >= 11 is 0. The molecule has 0 spiro atoms. The number of aromatic nitrogens is 1. The SMILES string of the molecule is CCOC(=O)N1CCC(NC(=O)c2ccc3[nH]c(C)cc3c2)CC1. The predicted molar refractivity (Wildman–Crippen MR) is 92.1 cm³/mol. The Morgan fingerprint density at radius 1 is 1.29 bits per heavy atom. The molecule has 2 N–H and O–H groups in total. The van der Waals surface area contributed by atoms with Gasteiger partial charge in [0.2, 0.25) is 0 Å². The van der Waals surface area contributed by atoms with Crippen molar-refractivity contribution in [3.63, 3.8) is 0 Å². The average molecular weight is 329 g/mol. The van der Waals surface area contributed by atoms with Crippen LogP contribution in [0.25, 0.3) is 10.9 Å². The number of ether oxygens (including phenoxy) is 1. The lowest BCUT2D eigenvalue weighted by Crippen LogP contribution is -2.46. The average Bonchev–Trinajstić information content (AvgIpc) is 2.94. The number of benzene rings is 1. The molecule has 6 nitrogen and oxygen atoms in total. The number of amides is 2. The number of piperidine rings is 1. The van der Waals surface area contributed by atoms with Crippen LogP contribution in [0.4, 0.5) is 4.79 Å². The summed E-state index contributed by atoms with van der Waals surface area (Å²) < 4.78 is 5.01. The first-order valence-electron chi connectivity index (χ1n) is 8.38. The van der Waals surface area contributed by atoms with Crippen LogP contribution in [0.3, 0.4) is 0 Å². The molecular weight excluding hydrogens is 306 g/mol. The van der Waals surface area contributed by atoms with Crippen LogP contribution in [0.2, 0.25) is 0 Å². The number of H-pyrrole nitrogens is 1. The van der Waals surface area contributed by atoms with E-state index in [4.69, 9.17) is 4.74 Å². The van der Waals surface area contributed by atoms with Crippen molar-refractivity contribution in [3.05, 3.63) is 35.5 Å². The van der Waals surface area contributed by atoms with Crippen LogP contribution in [-0.4, -0.2) is 47.6 Å². The zero-order chi connectivity index (χ0) is 17.1. The number of carbonyl (C=O) groups is 2. The third-order valence-electron chi connectivity index (χ3n) is 4.37. The van der Waals surface area contributed by atoms with Crippen LogP contribution in [-0.2, 0) is 4.74 Å². The summed E-state index contributed by atoms with van der Waals surface area (Å²) in [7, 11) is 0. The third-order valence-corrected chi connectivity index (χ3v) is 4.37. The first kappa shape index (κ1) is 16.4. The van der Waals surface area contributed by atoms with Crippen LogP contribution >= 0.6 is 0 Å². The lowest BCUT2D eigenvalue weighted by Gasteiger charge is -2.31. The molecule has 0 bridgehead atoms. The van der Waals surface area contributed by atoms with Gasteiger partial charge in [0.25, 0.3) is 5.91 Å². The number of carbonyl (C=O) groups excluding carboxylic acids is 2. The van der Waals surface area contributed by atoms with Crippen molar-refractivity contribution in [1.29, 1.82) is 0 Å². The molecule has 6 heteroatoms. The van der Waals surface area contributed by atoms with E-state index in [1.54, 1.807) is 11.8 Å². The molecule has 0 aliphatic carbocycles. The standard InChI is InChI=1S/C18H23N3O3/c1-3-24-18(23)21-8-6-15(7-9-21)20-17(22)13-4-5-16-14(11-13)10-12(2)19-16/h4-5,10-11,15,19H,3,6-9H2,1-2H3,(H,20,22). The fourth-order valence-corrected chi connectivity index (χ4v) is 3.11. The topological polar surface area (TPSA) is 74.4 Å². The smallest absolute Gasteiger partial charge is 0.409 e. The highest BCUT2D eigenvalue weighted by Gasteiger charge is 2.24. The number of likely N-dealkylation sites (tertiary alicyclic amines) is 1. The van der Waals surface area contributed by atoms with Gasteiger partial charge in [-0.15, -0.1) is 0 Å². The molecule has 0 unspecified atom stereocenters. The number of aryl methyl sites for hydroxylation is 1. The lowest BCUT2D eigenvalue weighted by molar-refractivity contribution is 0.0860. The van der Waals surface area contributed by atoms with Gasteiger partial charge in [0.1, 0.15) is 0 Å². The largest absolute Gasteiger partial charge is 0.450 e. The highest BCUT2D eigenvalue weighted by molar-refractivity contribution is 5.98. The molecule has 1 aromatic heterocycles. The normalized spacial score (nSPS) is 15.5. The van der Waals surface area contributed by atoms with Gasteiger partial charge in [-0.2, -0.15) is 0 Å². The van der Waals surface area contributed by atoms with Crippen molar-refractivity contribution in [2.75, 3.05) is 19.7 Å². The van der Waals surface area contributed by atoms with E-state index in [1.165, 1.54) is 0 Å². The summed E-state index contributed by atoms with van der Waals surface area (Å²) in [5.74, 6) is -0.0645. The van der Waals surface area contributed by atoms with Crippen molar-refractivity contribution >= 4 is 22.9 Å². The Balaban J connectivity index is 1.58. The second kappa shape index (κ2) is 6.95.